The van der Waals surface area contributed by atoms with Crippen molar-refractivity contribution >= 4 is 17.8 Å². The van der Waals surface area contributed by atoms with Gasteiger partial charge in [-0.3, -0.25) is 4.79 Å². The second-order valence-electron chi connectivity index (χ2n) is 18.6. The van der Waals surface area contributed by atoms with Crippen molar-refractivity contribution < 1.29 is 24.6 Å². The van der Waals surface area contributed by atoms with E-state index in [1.54, 1.807) is 12.1 Å². The van der Waals surface area contributed by atoms with Crippen molar-refractivity contribution in [3.8, 4) is 0 Å². The molecule has 7 heteroatoms. The van der Waals surface area contributed by atoms with E-state index in [1.165, 1.54) is 37.3 Å². The van der Waals surface area contributed by atoms with E-state index in [4.69, 9.17) is 0 Å². The third-order valence-corrected chi connectivity index (χ3v) is 16.3. The summed E-state index contributed by atoms with van der Waals surface area (Å²) in [5.41, 5.74) is 2.61. The highest BCUT2D eigenvalue weighted by molar-refractivity contribution is 5.87. The van der Waals surface area contributed by atoms with Crippen LogP contribution in [0.4, 0.5) is 0 Å². The molecule has 0 spiro atoms. The van der Waals surface area contributed by atoms with E-state index in [1.807, 2.05) is 21.0 Å². The molecular weight excluding hydrogens is 612 g/mol. The van der Waals surface area contributed by atoms with Crippen molar-refractivity contribution in [2.75, 3.05) is 27.2 Å². The molecule has 0 radical (unpaired) electrons. The number of carboxylic acid groups (broad SMARTS) is 2. The summed E-state index contributed by atoms with van der Waals surface area (Å²) in [6.45, 7) is 16.2. The lowest BCUT2D eigenvalue weighted by Gasteiger charge is -2.73. The average Bonchev–Trinajstić information content (AvgIpc) is 3.42. The standard InChI is InChI=1S/C42H62N2O5/c1-26(25-34(45)46)29-15-20-42(37(49)43-23-24-44(7)8)22-21-40(5)31(35(29)42)13-14-33-39(4)18-16-30(27-9-11-28(12-10-27)36(47)48)38(2,3)32(39)17-19-41(33,40)6/h9-12,25,29-33,35H,13-24H2,1-8H3,(H,43,49)(H,45,46)(H,47,48)/t29-,30+,31+,32-,33+,35+,39-,40+,41+,42-/m0/s1. The number of hydrogen-bond donors (Lipinski definition) is 3. The van der Waals surface area contributed by atoms with E-state index < -0.39 is 17.4 Å². The highest BCUT2D eigenvalue weighted by Gasteiger charge is 2.72. The summed E-state index contributed by atoms with van der Waals surface area (Å²) in [5.74, 6) is 0.652. The number of benzene rings is 1. The van der Waals surface area contributed by atoms with E-state index in [9.17, 15) is 24.6 Å². The molecule has 1 aromatic carbocycles. The normalized spacial score (nSPS) is 41.2. The molecule has 49 heavy (non-hydrogen) atoms. The van der Waals surface area contributed by atoms with Gasteiger partial charge in [-0.05, 0) is 160 Å². The summed E-state index contributed by atoms with van der Waals surface area (Å²) in [4.78, 5) is 39.9. The Morgan fingerprint density at radius 3 is 2.16 bits per heavy atom. The van der Waals surface area contributed by atoms with Crippen LogP contribution in [0.15, 0.2) is 35.9 Å². The molecule has 0 aromatic heterocycles. The lowest BCUT2D eigenvalue weighted by atomic mass is 9.31. The molecule has 10 atom stereocenters. The SMILES string of the molecule is CC(=CC(=O)O)[C@@H]1CC[C@]2(C(=O)NCCN(C)C)CC[C@]3(C)[C@H](CC[C@@H]4[C@@]5(C)CC[C@H](c6ccc(C(=O)O)cc6)C(C)(C)[C@@H]5CC[C@]43C)[C@@H]12. The van der Waals surface area contributed by atoms with Gasteiger partial charge in [-0.15, -0.1) is 0 Å². The van der Waals surface area contributed by atoms with Crippen LogP contribution in [-0.4, -0.2) is 60.1 Å². The number of nitrogens with zero attached hydrogens (tertiary/aromatic N) is 1. The number of carbonyl (C=O) groups excluding carboxylic acids is 1. The van der Waals surface area contributed by atoms with Crippen molar-refractivity contribution in [1.82, 2.24) is 10.2 Å². The fourth-order valence-corrected chi connectivity index (χ4v) is 13.8. The van der Waals surface area contributed by atoms with Gasteiger partial charge in [-0.25, -0.2) is 9.59 Å². The van der Waals surface area contributed by atoms with Gasteiger partial charge < -0.3 is 20.4 Å². The number of nitrogens with one attached hydrogen (secondary N) is 1. The predicted octanol–water partition coefficient (Wildman–Crippen LogP) is 8.26. The number of likely N-dealkylation sites (N-methyl/N-ethyl adjacent to an activating group) is 1. The Hall–Kier alpha value is -2.67. The number of aromatic carboxylic acids is 1. The number of carbonyl (C=O) groups is 3. The Morgan fingerprint density at radius 1 is 0.837 bits per heavy atom. The van der Waals surface area contributed by atoms with Gasteiger partial charge in [0.15, 0.2) is 0 Å². The summed E-state index contributed by atoms with van der Waals surface area (Å²) in [5, 5.41) is 22.6. The number of amides is 1. The molecule has 0 heterocycles. The minimum Gasteiger partial charge on any atom is -0.478 e. The minimum atomic E-state index is -0.887. The molecule has 6 rings (SSSR count). The highest BCUT2D eigenvalue weighted by atomic mass is 16.4. The number of aliphatic carboxylic acids is 1. The van der Waals surface area contributed by atoms with Crippen LogP contribution in [0.5, 0.6) is 0 Å². The molecule has 1 amide bonds. The first-order valence-corrected chi connectivity index (χ1v) is 19.1. The second-order valence-corrected chi connectivity index (χ2v) is 18.6. The van der Waals surface area contributed by atoms with Crippen LogP contribution >= 0.6 is 0 Å². The number of allylic oxidation sites excluding steroid dienone is 1. The third-order valence-electron chi connectivity index (χ3n) is 16.3. The van der Waals surface area contributed by atoms with Crippen molar-refractivity contribution in [2.24, 2.45) is 56.7 Å². The first-order chi connectivity index (χ1) is 22.9. The Bertz CT molecular complexity index is 1500. The average molecular weight is 675 g/mol. The quantitative estimate of drug-likeness (QED) is 0.240. The van der Waals surface area contributed by atoms with Crippen LogP contribution in [0.25, 0.3) is 0 Å². The Kier molecular flexibility index (Phi) is 9.24. The molecule has 5 aliphatic rings. The third kappa shape index (κ3) is 5.51. The molecule has 0 bridgehead atoms. The Balaban J connectivity index is 1.32. The van der Waals surface area contributed by atoms with E-state index >= 15 is 0 Å². The van der Waals surface area contributed by atoms with Gasteiger partial charge in [-0.2, -0.15) is 0 Å². The fourth-order valence-electron chi connectivity index (χ4n) is 13.8. The van der Waals surface area contributed by atoms with Gasteiger partial charge in [0, 0.05) is 19.2 Å². The topological polar surface area (TPSA) is 107 Å². The molecule has 5 fully saturated rings. The van der Waals surface area contributed by atoms with Gasteiger partial charge in [0.2, 0.25) is 5.91 Å². The maximum absolute atomic E-state index is 14.3. The number of hydrogen-bond acceptors (Lipinski definition) is 4. The van der Waals surface area contributed by atoms with Crippen LogP contribution < -0.4 is 5.32 Å². The van der Waals surface area contributed by atoms with Crippen LogP contribution in [0.3, 0.4) is 0 Å². The monoisotopic (exact) mass is 674 g/mol. The smallest absolute Gasteiger partial charge is 0.335 e. The van der Waals surface area contributed by atoms with Crippen molar-refractivity contribution in [2.45, 2.75) is 112 Å². The fraction of sp³-hybridized carbons (Fsp3) is 0.738. The first-order valence-electron chi connectivity index (χ1n) is 19.1. The van der Waals surface area contributed by atoms with Crippen molar-refractivity contribution in [1.29, 1.82) is 0 Å². The van der Waals surface area contributed by atoms with Gasteiger partial charge in [0.1, 0.15) is 0 Å². The van der Waals surface area contributed by atoms with Gasteiger partial charge in [0.05, 0.1) is 11.0 Å². The molecule has 0 unspecified atom stereocenters. The summed E-state index contributed by atoms with van der Waals surface area (Å²) in [7, 11) is 4.07. The summed E-state index contributed by atoms with van der Waals surface area (Å²) in [6, 6.07) is 7.66. The zero-order valence-electron chi connectivity index (χ0n) is 31.4. The Labute approximate surface area is 294 Å². The van der Waals surface area contributed by atoms with Crippen LogP contribution in [-0.2, 0) is 9.59 Å². The molecule has 5 saturated carbocycles. The van der Waals surface area contributed by atoms with Gasteiger partial charge >= 0.3 is 11.9 Å². The summed E-state index contributed by atoms with van der Waals surface area (Å²) >= 11 is 0. The zero-order chi connectivity index (χ0) is 35.7. The molecule has 7 nitrogen and oxygen atoms in total. The summed E-state index contributed by atoms with van der Waals surface area (Å²) in [6.07, 6.45) is 12.0. The van der Waals surface area contributed by atoms with Crippen molar-refractivity contribution in [3.63, 3.8) is 0 Å². The zero-order valence-corrected chi connectivity index (χ0v) is 31.4. The van der Waals surface area contributed by atoms with E-state index in [-0.39, 0.29) is 39.4 Å². The maximum atomic E-state index is 14.3. The highest BCUT2D eigenvalue weighted by Crippen LogP contribution is 2.78. The largest absolute Gasteiger partial charge is 0.478 e. The molecule has 5 aliphatic carbocycles. The number of fused-ring (bicyclic) bond motifs is 7. The molecule has 0 aliphatic heterocycles. The lowest BCUT2D eigenvalue weighted by molar-refractivity contribution is -0.237. The predicted molar refractivity (Wildman–Crippen MR) is 193 cm³/mol. The molecular formula is C42H62N2O5. The van der Waals surface area contributed by atoms with Crippen LogP contribution in [0.2, 0.25) is 0 Å². The minimum absolute atomic E-state index is 0.0712. The molecule has 1 aromatic rings. The number of rotatable bonds is 8. The van der Waals surface area contributed by atoms with Crippen LogP contribution in [0, 0.1) is 56.7 Å². The second kappa shape index (κ2) is 12.5. The lowest BCUT2D eigenvalue weighted by Crippen LogP contribution is -2.67. The maximum Gasteiger partial charge on any atom is 0.335 e. The Morgan fingerprint density at radius 2 is 1.53 bits per heavy atom. The van der Waals surface area contributed by atoms with Gasteiger partial charge in [-0.1, -0.05) is 52.3 Å². The summed E-state index contributed by atoms with van der Waals surface area (Å²) < 4.78 is 0. The molecule has 270 valence electrons. The van der Waals surface area contributed by atoms with Crippen molar-refractivity contribution in [3.05, 3.63) is 47.0 Å². The van der Waals surface area contributed by atoms with Gasteiger partial charge in [0.25, 0.3) is 0 Å². The van der Waals surface area contributed by atoms with E-state index in [0.29, 0.717) is 35.8 Å². The van der Waals surface area contributed by atoms with E-state index in [2.05, 4.69) is 57.0 Å². The molecule has 0 saturated heterocycles. The van der Waals surface area contributed by atoms with E-state index in [0.717, 1.165) is 50.6 Å². The molecule has 3 N–H and O–H groups in total. The number of carboxylic acids is 2. The first kappa shape index (κ1) is 36.1. The van der Waals surface area contributed by atoms with Crippen LogP contribution in [0.1, 0.15) is 128 Å².